The lowest BCUT2D eigenvalue weighted by Crippen LogP contribution is -2.29. The minimum Gasteiger partial charge on any atom is -0.402 e. The van der Waals surface area contributed by atoms with E-state index in [9.17, 15) is 4.79 Å². The first kappa shape index (κ1) is 14.6. The average molecular weight is 273 g/mol. The molecule has 4 nitrogen and oxygen atoms in total. The molecule has 0 fully saturated rings. The van der Waals surface area contributed by atoms with Gasteiger partial charge in [-0.05, 0) is 61.4 Å². The van der Waals surface area contributed by atoms with Gasteiger partial charge in [0, 0.05) is 24.4 Å². The third-order valence-corrected chi connectivity index (χ3v) is 3.77. The van der Waals surface area contributed by atoms with Gasteiger partial charge in [0.2, 0.25) is 0 Å². The van der Waals surface area contributed by atoms with E-state index in [1.165, 1.54) is 17.6 Å². The molecule has 0 aliphatic heterocycles. The molecule has 1 aromatic rings. The number of nitrogens with one attached hydrogen (secondary N) is 1. The molecular weight excluding hydrogens is 250 g/mol. The van der Waals surface area contributed by atoms with Crippen molar-refractivity contribution in [3.05, 3.63) is 40.6 Å². The first-order chi connectivity index (χ1) is 9.63. The van der Waals surface area contributed by atoms with E-state index in [4.69, 9.17) is 11.5 Å². The molecular formula is C16H23N3O. The van der Waals surface area contributed by atoms with E-state index in [2.05, 4.69) is 12.2 Å². The maximum atomic E-state index is 12.0. The van der Waals surface area contributed by atoms with E-state index in [0.29, 0.717) is 18.7 Å². The zero-order valence-electron chi connectivity index (χ0n) is 12.0. The summed E-state index contributed by atoms with van der Waals surface area (Å²) in [6, 6.07) is 5.79. The van der Waals surface area contributed by atoms with Crippen LogP contribution in [0.4, 0.5) is 0 Å². The summed E-state index contributed by atoms with van der Waals surface area (Å²) in [5, 5.41) is 2.80. The molecule has 0 atom stereocenters. The Morgan fingerprint density at radius 2 is 2.05 bits per heavy atom. The Balaban J connectivity index is 2.32. The highest BCUT2D eigenvalue weighted by molar-refractivity contribution is 5.95. The van der Waals surface area contributed by atoms with Gasteiger partial charge in [0.05, 0.1) is 0 Å². The second-order valence-electron chi connectivity index (χ2n) is 5.29. The normalized spacial score (nSPS) is 15.3. The van der Waals surface area contributed by atoms with Crippen molar-refractivity contribution in [2.24, 2.45) is 11.5 Å². The van der Waals surface area contributed by atoms with E-state index < -0.39 is 0 Å². The summed E-state index contributed by atoms with van der Waals surface area (Å²) in [6.07, 6.45) is 4.28. The number of carbonyl (C=O) groups is 1. The maximum absolute atomic E-state index is 12.0. The molecule has 108 valence electrons. The summed E-state index contributed by atoms with van der Waals surface area (Å²) < 4.78 is 0. The molecule has 0 aromatic heterocycles. The van der Waals surface area contributed by atoms with Gasteiger partial charge in [-0.3, -0.25) is 4.79 Å². The Morgan fingerprint density at radius 3 is 2.75 bits per heavy atom. The number of allylic oxidation sites excluding steroid dienone is 2. The summed E-state index contributed by atoms with van der Waals surface area (Å²) in [5.74, 6) is -0.0771. The summed E-state index contributed by atoms with van der Waals surface area (Å²) in [4.78, 5) is 12.0. The number of aryl methyl sites for hydroxylation is 1. The van der Waals surface area contributed by atoms with E-state index >= 15 is 0 Å². The van der Waals surface area contributed by atoms with Gasteiger partial charge in [-0.1, -0.05) is 6.07 Å². The van der Waals surface area contributed by atoms with E-state index in [-0.39, 0.29) is 5.91 Å². The Hall–Kier alpha value is -1.81. The van der Waals surface area contributed by atoms with Crippen LogP contribution in [0.2, 0.25) is 0 Å². The van der Waals surface area contributed by atoms with Crippen molar-refractivity contribution in [2.45, 2.75) is 32.6 Å². The molecule has 0 bridgehead atoms. The number of benzene rings is 1. The number of carbonyl (C=O) groups excluding carboxylic acids is 1. The molecule has 20 heavy (non-hydrogen) atoms. The van der Waals surface area contributed by atoms with Crippen LogP contribution >= 0.6 is 0 Å². The van der Waals surface area contributed by atoms with Crippen LogP contribution in [0.3, 0.4) is 0 Å². The second kappa shape index (κ2) is 6.57. The molecule has 1 amide bonds. The minimum absolute atomic E-state index is 0.0771. The van der Waals surface area contributed by atoms with E-state index in [1.807, 2.05) is 18.2 Å². The first-order valence-corrected chi connectivity index (χ1v) is 7.20. The van der Waals surface area contributed by atoms with Crippen molar-refractivity contribution in [2.75, 3.05) is 13.1 Å². The number of hydrogen-bond acceptors (Lipinski definition) is 3. The van der Waals surface area contributed by atoms with Gasteiger partial charge < -0.3 is 16.8 Å². The average Bonchev–Trinajstić information content (AvgIpc) is 2.46. The number of rotatable bonds is 4. The van der Waals surface area contributed by atoms with Crippen LogP contribution < -0.4 is 16.8 Å². The Bertz CT molecular complexity index is 535. The summed E-state index contributed by atoms with van der Waals surface area (Å²) in [6.45, 7) is 3.00. The highest BCUT2D eigenvalue weighted by atomic mass is 16.1. The summed E-state index contributed by atoms with van der Waals surface area (Å²) >= 11 is 0. The molecule has 4 heteroatoms. The standard InChI is InChI=1S/C16H23N3O/c1-11-6-7-12(16(20)19-9-8-17)10-14(11)13-4-2-3-5-15(13)18/h6-7,10H,2-5,8-9,17-18H2,1H3,(H,19,20). The van der Waals surface area contributed by atoms with Crippen molar-refractivity contribution in [1.29, 1.82) is 0 Å². The third kappa shape index (κ3) is 3.20. The third-order valence-electron chi connectivity index (χ3n) is 3.77. The Kier molecular flexibility index (Phi) is 4.79. The molecule has 1 aliphatic rings. The smallest absolute Gasteiger partial charge is 0.251 e. The summed E-state index contributed by atoms with van der Waals surface area (Å²) in [7, 11) is 0. The van der Waals surface area contributed by atoms with Gasteiger partial charge in [0.15, 0.2) is 0 Å². The van der Waals surface area contributed by atoms with Crippen molar-refractivity contribution < 1.29 is 4.79 Å². The molecule has 0 spiro atoms. The molecule has 0 heterocycles. The van der Waals surface area contributed by atoms with Crippen LogP contribution in [0.1, 0.15) is 47.2 Å². The molecule has 0 radical (unpaired) electrons. The molecule has 5 N–H and O–H groups in total. The second-order valence-corrected chi connectivity index (χ2v) is 5.29. The predicted octanol–water partition coefficient (Wildman–Crippen LogP) is 1.93. The SMILES string of the molecule is Cc1ccc(C(=O)NCCN)cc1C1=C(N)CCCC1. The van der Waals surface area contributed by atoms with Crippen LogP contribution in [0.15, 0.2) is 23.9 Å². The van der Waals surface area contributed by atoms with Gasteiger partial charge in [0.25, 0.3) is 5.91 Å². The van der Waals surface area contributed by atoms with Gasteiger partial charge in [-0.25, -0.2) is 0 Å². The predicted molar refractivity (Wildman–Crippen MR) is 82.1 cm³/mol. The lowest BCUT2D eigenvalue weighted by molar-refractivity contribution is 0.0954. The largest absolute Gasteiger partial charge is 0.402 e. The van der Waals surface area contributed by atoms with Crippen LogP contribution in [-0.2, 0) is 0 Å². The topological polar surface area (TPSA) is 81.1 Å². The fourth-order valence-electron chi connectivity index (χ4n) is 2.61. The van der Waals surface area contributed by atoms with Crippen molar-refractivity contribution in [3.8, 4) is 0 Å². The van der Waals surface area contributed by atoms with Crippen molar-refractivity contribution in [1.82, 2.24) is 5.32 Å². The van der Waals surface area contributed by atoms with Crippen LogP contribution in [0, 0.1) is 6.92 Å². The van der Waals surface area contributed by atoms with Gasteiger partial charge >= 0.3 is 0 Å². The molecule has 2 rings (SSSR count). The number of hydrogen-bond donors (Lipinski definition) is 3. The van der Waals surface area contributed by atoms with Gasteiger partial charge in [-0.2, -0.15) is 0 Å². The Morgan fingerprint density at radius 1 is 1.30 bits per heavy atom. The van der Waals surface area contributed by atoms with Crippen LogP contribution in [0.5, 0.6) is 0 Å². The minimum atomic E-state index is -0.0771. The highest BCUT2D eigenvalue weighted by Gasteiger charge is 2.15. The molecule has 1 aromatic carbocycles. The molecule has 0 saturated heterocycles. The first-order valence-electron chi connectivity index (χ1n) is 7.20. The van der Waals surface area contributed by atoms with Crippen molar-refractivity contribution >= 4 is 11.5 Å². The zero-order chi connectivity index (χ0) is 14.5. The molecule has 1 aliphatic carbocycles. The molecule has 0 unspecified atom stereocenters. The number of amides is 1. The lowest BCUT2D eigenvalue weighted by atomic mass is 9.88. The van der Waals surface area contributed by atoms with E-state index in [0.717, 1.165) is 30.5 Å². The monoisotopic (exact) mass is 273 g/mol. The Labute approximate surface area is 120 Å². The van der Waals surface area contributed by atoms with Gasteiger partial charge in [-0.15, -0.1) is 0 Å². The fourth-order valence-corrected chi connectivity index (χ4v) is 2.61. The zero-order valence-corrected chi connectivity index (χ0v) is 12.0. The number of nitrogens with two attached hydrogens (primary N) is 2. The maximum Gasteiger partial charge on any atom is 0.251 e. The van der Waals surface area contributed by atoms with Crippen LogP contribution in [0.25, 0.3) is 5.57 Å². The molecule has 0 saturated carbocycles. The highest BCUT2D eigenvalue weighted by Crippen LogP contribution is 2.32. The summed E-state index contributed by atoms with van der Waals surface area (Å²) in [5.41, 5.74) is 16.7. The van der Waals surface area contributed by atoms with E-state index in [1.54, 1.807) is 0 Å². The lowest BCUT2D eigenvalue weighted by Gasteiger charge is -2.20. The van der Waals surface area contributed by atoms with Crippen molar-refractivity contribution in [3.63, 3.8) is 0 Å². The fraction of sp³-hybridized carbons (Fsp3) is 0.438. The van der Waals surface area contributed by atoms with Gasteiger partial charge in [0.1, 0.15) is 0 Å². The quantitative estimate of drug-likeness (QED) is 0.784. The van der Waals surface area contributed by atoms with Crippen LogP contribution in [-0.4, -0.2) is 19.0 Å².